The molecule has 0 saturated carbocycles. The number of hydrogen-bond acceptors (Lipinski definition) is 4. The molecule has 0 aliphatic rings. The highest BCUT2D eigenvalue weighted by Gasteiger charge is 2.05. The molecule has 0 aliphatic carbocycles. The number of halogens is 1. The van der Waals surface area contributed by atoms with Crippen molar-refractivity contribution in [1.82, 2.24) is 14.8 Å². The van der Waals surface area contributed by atoms with Crippen LogP contribution in [0.15, 0.2) is 47.6 Å². The fourth-order valence-electron chi connectivity index (χ4n) is 2.20. The van der Waals surface area contributed by atoms with E-state index in [2.05, 4.69) is 9.98 Å². The number of hydrogen-bond donors (Lipinski definition) is 0. The molecule has 0 amide bonds. The number of nitrogens with zero attached hydrogens (tertiary/aromatic N) is 4. The highest BCUT2D eigenvalue weighted by atomic mass is 127. The first-order valence-corrected chi connectivity index (χ1v) is 7.65. The van der Waals surface area contributed by atoms with Gasteiger partial charge in [0.1, 0.15) is 11.5 Å². The van der Waals surface area contributed by atoms with E-state index >= 15 is 0 Å². The van der Waals surface area contributed by atoms with Crippen molar-refractivity contribution in [2.45, 2.75) is 6.54 Å². The van der Waals surface area contributed by atoms with Gasteiger partial charge in [-0.15, -0.1) is 24.0 Å². The van der Waals surface area contributed by atoms with E-state index in [1.165, 1.54) is 0 Å². The minimum atomic E-state index is 0. The Bertz CT molecular complexity index is 678. The molecular formula is C18H25IN4O2. The van der Waals surface area contributed by atoms with Crippen LogP contribution in [0.2, 0.25) is 0 Å². The van der Waals surface area contributed by atoms with Crippen molar-refractivity contribution in [3.05, 3.63) is 48.2 Å². The van der Waals surface area contributed by atoms with E-state index in [9.17, 15) is 0 Å². The van der Waals surface area contributed by atoms with Gasteiger partial charge in [-0.2, -0.15) is 0 Å². The molecule has 1 heterocycles. The summed E-state index contributed by atoms with van der Waals surface area (Å²) in [5.74, 6) is 2.89. The van der Waals surface area contributed by atoms with Crippen LogP contribution in [-0.2, 0) is 6.54 Å². The fourth-order valence-corrected chi connectivity index (χ4v) is 2.20. The van der Waals surface area contributed by atoms with Crippen molar-refractivity contribution in [2.24, 2.45) is 4.99 Å². The van der Waals surface area contributed by atoms with Crippen LogP contribution in [0.1, 0.15) is 5.56 Å². The summed E-state index contributed by atoms with van der Waals surface area (Å²) < 4.78 is 10.9. The number of methoxy groups -OCH3 is 1. The fraction of sp³-hybridized carbons (Fsp3) is 0.333. The Morgan fingerprint density at radius 2 is 1.72 bits per heavy atom. The number of pyridine rings is 1. The van der Waals surface area contributed by atoms with Crippen LogP contribution in [0, 0.1) is 0 Å². The number of rotatable bonds is 5. The summed E-state index contributed by atoms with van der Waals surface area (Å²) in [7, 11) is 9.52. The average molecular weight is 456 g/mol. The molecule has 2 aromatic rings. The number of guanidine groups is 1. The largest absolute Gasteiger partial charge is 0.497 e. The van der Waals surface area contributed by atoms with Gasteiger partial charge >= 0.3 is 0 Å². The summed E-state index contributed by atoms with van der Waals surface area (Å²) in [6.07, 6.45) is 1.78. The highest BCUT2D eigenvalue weighted by molar-refractivity contribution is 14.0. The van der Waals surface area contributed by atoms with Gasteiger partial charge < -0.3 is 19.3 Å². The summed E-state index contributed by atoms with van der Waals surface area (Å²) in [6, 6.07) is 11.2. The van der Waals surface area contributed by atoms with Crippen molar-refractivity contribution in [3.63, 3.8) is 0 Å². The molecular weight excluding hydrogens is 431 g/mol. The number of ether oxygens (including phenoxy) is 2. The van der Waals surface area contributed by atoms with E-state index < -0.39 is 0 Å². The lowest BCUT2D eigenvalue weighted by Crippen LogP contribution is -2.35. The third kappa shape index (κ3) is 6.41. The summed E-state index contributed by atoms with van der Waals surface area (Å²) in [6.45, 7) is 0.568. The summed E-state index contributed by atoms with van der Waals surface area (Å²) in [4.78, 5) is 12.9. The van der Waals surface area contributed by atoms with Gasteiger partial charge in [-0.05, 0) is 17.7 Å². The highest BCUT2D eigenvalue weighted by Crippen LogP contribution is 2.23. The number of aliphatic imine (C=N–C) groups is 1. The second-order valence-electron chi connectivity index (χ2n) is 5.69. The van der Waals surface area contributed by atoms with Gasteiger partial charge in [0.05, 0.1) is 13.7 Å². The molecule has 0 unspecified atom stereocenters. The van der Waals surface area contributed by atoms with Crippen molar-refractivity contribution in [2.75, 3.05) is 35.3 Å². The van der Waals surface area contributed by atoms with Gasteiger partial charge in [-0.3, -0.25) is 0 Å². The molecule has 1 aromatic heterocycles. The first kappa shape index (κ1) is 21.0. The van der Waals surface area contributed by atoms with Crippen LogP contribution >= 0.6 is 24.0 Å². The quantitative estimate of drug-likeness (QED) is 0.392. The van der Waals surface area contributed by atoms with Gasteiger partial charge in [-0.1, -0.05) is 12.1 Å². The molecule has 0 atom stereocenters. The maximum absolute atomic E-state index is 5.73. The van der Waals surface area contributed by atoms with Crippen LogP contribution in [0.4, 0.5) is 0 Å². The molecule has 136 valence electrons. The molecule has 0 aliphatic heterocycles. The smallest absolute Gasteiger partial charge is 0.219 e. The maximum Gasteiger partial charge on any atom is 0.219 e. The second-order valence-corrected chi connectivity index (χ2v) is 5.69. The summed E-state index contributed by atoms with van der Waals surface area (Å²) >= 11 is 0. The molecule has 6 nitrogen and oxygen atoms in total. The Labute approximate surface area is 166 Å². The van der Waals surface area contributed by atoms with Crippen molar-refractivity contribution in [1.29, 1.82) is 0 Å². The van der Waals surface area contributed by atoms with Gasteiger partial charge in [0.25, 0.3) is 0 Å². The minimum Gasteiger partial charge on any atom is -0.497 e. The normalized spacial score (nSPS) is 9.64. The molecule has 0 fully saturated rings. The molecule has 0 spiro atoms. The molecule has 7 heteroatoms. The maximum atomic E-state index is 5.73. The van der Waals surface area contributed by atoms with Crippen LogP contribution < -0.4 is 9.47 Å². The van der Waals surface area contributed by atoms with Gasteiger partial charge in [0.2, 0.25) is 5.88 Å². The van der Waals surface area contributed by atoms with E-state index in [4.69, 9.17) is 9.47 Å². The first-order chi connectivity index (χ1) is 11.5. The lowest BCUT2D eigenvalue weighted by molar-refractivity contribution is 0.407. The van der Waals surface area contributed by atoms with Crippen LogP contribution in [0.5, 0.6) is 17.4 Å². The minimum absolute atomic E-state index is 0. The Morgan fingerprint density at radius 3 is 2.28 bits per heavy atom. The molecule has 0 bridgehead atoms. The number of aromatic nitrogens is 1. The molecule has 0 saturated heterocycles. The van der Waals surface area contributed by atoms with E-state index in [1.54, 1.807) is 13.3 Å². The zero-order chi connectivity index (χ0) is 17.5. The van der Waals surface area contributed by atoms with Crippen molar-refractivity contribution >= 4 is 29.9 Å². The van der Waals surface area contributed by atoms with E-state index in [0.29, 0.717) is 18.2 Å². The van der Waals surface area contributed by atoms with Crippen LogP contribution in [0.25, 0.3) is 0 Å². The summed E-state index contributed by atoms with van der Waals surface area (Å²) in [5.41, 5.74) is 1.02. The Kier molecular flexibility index (Phi) is 8.47. The molecule has 2 rings (SSSR count). The zero-order valence-electron chi connectivity index (χ0n) is 15.3. The van der Waals surface area contributed by atoms with Gasteiger partial charge in [0.15, 0.2) is 5.96 Å². The average Bonchev–Trinajstić information content (AvgIpc) is 2.56. The Morgan fingerprint density at radius 1 is 1.04 bits per heavy atom. The molecule has 0 N–H and O–H groups in total. The third-order valence-electron chi connectivity index (χ3n) is 3.26. The topological polar surface area (TPSA) is 50.2 Å². The van der Waals surface area contributed by atoms with Gasteiger partial charge in [0, 0.05) is 46.5 Å². The molecule has 1 aromatic carbocycles. The van der Waals surface area contributed by atoms with Crippen molar-refractivity contribution < 1.29 is 9.47 Å². The predicted octanol–water partition coefficient (Wildman–Crippen LogP) is 3.48. The van der Waals surface area contributed by atoms with Gasteiger partial charge in [-0.25, -0.2) is 9.98 Å². The van der Waals surface area contributed by atoms with Crippen molar-refractivity contribution in [3.8, 4) is 17.4 Å². The Balaban J connectivity index is 0.00000312. The van der Waals surface area contributed by atoms with E-state index in [-0.39, 0.29) is 24.0 Å². The van der Waals surface area contributed by atoms with E-state index in [0.717, 1.165) is 17.3 Å². The monoisotopic (exact) mass is 456 g/mol. The van der Waals surface area contributed by atoms with E-state index in [1.807, 2.05) is 74.4 Å². The Hall–Kier alpha value is -2.03. The van der Waals surface area contributed by atoms with Crippen LogP contribution in [-0.4, -0.2) is 56.0 Å². The third-order valence-corrected chi connectivity index (χ3v) is 3.26. The first-order valence-electron chi connectivity index (χ1n) is 7.65. The molecule has 25 heavy (non-hydrogen) atoms. The SMILES string of the molecule is COc1cccc(Oc2ccc(CN=C(N(C)C)N(C)C)cn2)c1.I. The lowest BCUT2D eigenvalue weighted by atomic mass is 10.3. The molecule has 0 radical (unpaired) electrons. The lowest BCUT2D eigenvalue weighted by Gasteiger charge is -2.22. The van der Waals surface area contributed by atoms with Crippen LogP contribution in [0.3, 0.4) is 0 Å². The standard InChI is InChI=1S/C18H24N4O2.HI/c1-21(2)18(22(3)4)20-13-14-9-10-17(19-12-14)24-16-8-6-7-15(11-16)23-5;/h6-12H,13H2,1-5H3;1H. The summed E-state index contributed by atoms with van der Waals surface area (Å²) in [5, 5.41) is 0. The zero-order valence-corrected chi connectivity index (χ0v) is 17.6. The number of benzene rings is 1. The second kappa shape index (κ2) is 10.1. The predicted molar refractivity (Wildman–Crippen MR) is 111 cm³/mol.